The summed E-state index contributed by atoms with van der Waals surface area (Å²) in [6.45, 7) is 12.0. The molecule has 3 aliphatic carbocycles. The van der Waals surface area contributed by atoms with Gasteiger partial charge in [0.15, 0.2) is 0 Å². The smallest absolute Gasteiger partial charge is 0.00546 e. The second kappa shape index (κ2) is 2.52. The standard InChI is InChI=1S/C15H24/c1-11-6-9-13(3)10-12(2)14(4)7-5-8-15(11,13)14/h11H,2,5-10H2,1,3-4H3/t11-,13+,14+,15+/m1/s1. The number of rotatable bonds is 0. The number of hydrogen-bond donors (Lipinski definition) is 0. The van der Waals surface area contributed by atoms with Crippen LogP contribution in [-0.2, 0) is 0 Å². The topological polar surface area (TPSA) is 0 Å². The van der Waals surface area contributed by atoms with Gasteiger partial charge in [-0.15, -0.1) is 0 Å². The van der Waals surface area contributed by atoms with Crippen LogP contribution in [-0.4, -0.2) is 0 Å². The summed E-state index contributed by atoms with van der Waals surface area (Å²) in [4.78, 5) is 0. The molecule has 0 aromatic heterocycles. The third kappa shape index (κ3) is 0.797. The Bertz CT molecular complexity index is 329. The highest BCUT2D eigenvalue weighted by molar-refractivity contribution is 5.33. The maximum atomic E-state index is 4.43. The Morgan fingerprint density at radius 2 is 1.93 bits per heavy atom. The molecule has 0 radical (unpaired) electrons. The van der Waals surface area contributed by atoms with Gasteiger partial charge in [-0.2, -0.15) is 0 Å². The largest absolute Gasteiger partial charge is 0.0993 e. The van der Waals surface area contributed by atoms with Crippen molar-refractivity contribution < 1.29 is 0 Å². The summed E-state index contributed by atoms with van der Waals surface area (Å²) in [5.74, 6) is 0.925. The SMILES string of the molecule is C=C1C[C@]2(C)CC[C@@H](C)[C@@]23CCC[C@@]13C. The first-order valence-electron chi connectivity index (χ1n) is 6.65. The van der Waals surface area contributed by atoms with Crippen LogP contribution in [0.25, 0.3) is 0 Å². The lowest BCUT2D eigenvalue weighted by Crippen LogP contribution is -2.41. The average Bonchev–Trinajstić information content (AvgIpc) is 2.68. The van der Waals surface area contributed by atoms with Crippen LogP contribution in [0.3, 0.4) is 0 Å². The van der Waals surface area contributed by atoms with Gasteiger partial charge in [-0.05, 0) is 54.3 Å². The lowest BCUT2D eigenvalue weighted by Gasteiger charge is -2.47. The van der Waals surface area contributed by atoms with Crippen molar-refractivity contribution >= 4 is 0 Å². The minimum absolute atomic E-state index is 0.484. The fraction of sp³-hybridized carbons (Fsp3) is 0.867. The van der Waals surface area contributed by atoms with E-state index < -0.39 is 0 Å². The number of allylic oxidation sites excluding steroid dienone is 1. The van der Waals surface area contributed by atoms with E-state index >= 15 is 0 Å². The van der Waals surface area contributed by atoms with Gasteiger partial charge in [0, 0.05) is 0 Å². The van der Waals surface area contributed by atoms with Crippen LogP contribution in [0.2, 0.25) is 0 Å². The summed E-state index contributed by atoms with van der Waals surface area (Å²) >= 11 is 0. The summed E-state index contributed by atoms with van der Waals surface area (Å²) in [6.07, 6.45) is 8.54. The molecule has 0 amide bonds. The van der Waals surface area contributed by atoms with Crippen LogP contribution in [0.5, 0.6) is 0 Å². The summed E-state index contributed by atoms with van der Waals surface area (Å²) in [7, 11) is 0. The van der Waals surface area contributed by atoms with Crippen LogP contribution in [0.15, 0.2) is 12.2 Å². The van der Waals surface area contributed by atoms with E-state index in [1.54, 1.807) is 5.57 Å². The Labute approximate surface area is 94.1 Å². The molecule has 0 heteroatoms. The van der Waals surface area contributed by atoms with Crippen molar-refractivity contribution in [1.82, 2.24) is 0 Å². The average molecular weight is 204 g/mol. The minimum Gasteiger partial charge on any atom is -0.0993 e. The molecule has 0 heterocycles. The Balaban J connectivity index is 2.21. The van der Waals surface area contributed by atoms with Gasteiger partial charge in [0.05, 0.1) is 0 Å². The van der Waals surface area contributed by atoms with E-state index in [2.05, 4.69) is 27.4 Å². The normalized spacial score (nSPS) is 58.3. The lowest BCUT2D eigenvalue weighted by atomic mass is 9.57. The highest BCUT2D eigenvalue weighted by Gasteiger charge is 2.70. The van der Waals surface area contributed by atoms with Crippen molar-refractivity contribution in [2.45, 2.75) is 59.3 Å². The van der Waals surface area contributed by atoms with E-state index in [4.69, 9.17) is 0 Å². The van der Waals surface area contributed by atoms with Crippen molar-refractivity contribution in [3.63, 3.8) is 0 Å². The van der Waals surface area contributed by atoms with Crippen LogP contribution >= 0.6 is 0 Å². The summed E-state index contributed by atoms with van der Waals surface area (Å²) < 4.78 is 0. The fourth-order valence-corrected chi connectivity index (χ4v) is 5.98. The number of hydrogen-bond acceptors (Lipinski definition) is 0. The van der Waals surface area contributed by atoms with Gasteiger partial charge >= 0.3 is 0 Å². The second-order valence-corrected chi connectivity index (χ2v) is 6.94. The van der Waals surface area contributed by atoms with E-state index in [9.17, 15) is 0 Å². The molecule has 84 valence electrons. The van der Waals surface area contributed by atoms with E-state index in [1.165, 1.54) is 38.5 Å². The Kier molecular flexibility index (Phi) is 1.67. The van der Waals surface area contributed by atoms with Crippen LogP contribution in [0.4, 0.5) is 0 Å². The molecule has 0 aliphatic heterocycles. The van der Waals surface area contributed by atoms with Crippen molar-refractivity contribution in [1.29, 1.82) is 0 Å². The summed E-state index contributed by atoms with van der Waals surface area (Å²) in [5.41, 5.74) is 3.28. The lowest BCUT2D eigenvalue weighted by molar-refractivity contribution is 0.0186. The first-order chi connectivity index (χ1) is 6.96. The maximum Gasteiger partial charge on any atom is -0.00546 e. The van der Waals surface area contributed by atoms with Gasteiger partial charge in [-0.25, -0.2) is 0 Å². The predicted octanol–water partition coefficient (Wildman–Crippen LogP) is 4.56. The zero-order chi connectivity index (χ0) is 10.9. The van der Waals surface area contributed by atoms with E-state index in [0.29, 0.717) is 16.2 Å². The molecule has 3 aliphatic rings. The quantitative estimate of drug-likeness (QED) is 0.507. The first-order valence-corrected chi connectivity index (χ1v) is 6.65. The highest BCUT2D eigenvalue weighted by Crippen LogP contribution is 2.79. The van der Waals surface area contributed by atoms with E-state index in [0.717, 1.165) is 5.92 Å². The molecule has 0 saturated heterocycles. The predicted molar refractivity (Wildman–Crippen MR) is 64.7 cm³/mol. The van der Waals surface area contributed by atoms with Crippen LogP contribution < -0.4 is 0 Å². The molecule has 0 unspecified atom stereocenters. The van der Waals surface area contributed by atoms with E-state index in [1.807, 2.05) is 0 Å². The van der Waals surface area contributed by atoms with Crippen molar-refractivity contribution in [3.05, 3.63) is 12.2 Å². The summed E-state index contributed by atoms with van der Waals surface area (Å²) in [6, 6.07) is 0. The van der Waals surface area contributed by atoms with Crippen molar-refractivity contribution in [2.24, 2.45) is 22.2 Å². The molecule has 0 aromatic carbocycles. The van der Waals surface area contributed by atoms with Crippen molar-refractivity contribution in [2.75, 3.05) is 0 Å². The molecule has 0 aromatic rings. The second-order valence-electron chi connectivity index (χ2n) is 6.94. The molecule has 4 atom stereocenters. The summed E-state index contributed by atoms with van der Waals surface area (Å²) in [5, 5.41) is 0. The zero-order valence-electron chi connectivity index (χ0n) is 10.5. The fourth-order valence-electron chi connectivity index (χ4n) is 5.98. The highest BCUT2D eigenvalue weighted by atomic mass is 14.7. The third-order valence-electron chi connectivity index (χ3n) is 6.66. The molecule has 15 heavy (non-hydrogen) atoms. The Morgan fingerprint density at radius 1 is 1.20 bits per heavy atom. The van der Waals surface area contributed by atoms with Crippen LogP contribution in [0.1, 0.15) is 59.3 Å². The van der Waals surface area contributed by atoms with Gasteiger partial charge in [-0.1, -0.05) is 39.3 Å². The maximum absolute atomic E-state index is 4.43. The van der Waals surface area contributed by atoms with Crippen LogP contribution in [0, 0.1) is 22.2 Å². The molecule has 0 N–H and O–H groups in total. The molecule has 0 nitrogen and oxygen atoms in total. The molecule has 3 fully saturated rings. The minimum atomic E-state index is 0.484. The van der Waals surface area contributed by atoms with Crippen molar-refractivity contribution in [3.8, 4) is 0 Å². The third-order valence-corrected chi connectivity index (χ3v) is 6.66. The molecule has 3 saturated carbocycles. The van der Waals surface area contributed by atoms with Gasteiger partial charge in [0.1, 0.15) is 0 Å². The molecule has 1 spiro atoms. The zero-order valence-corrected chi connectivity index (χ0v) is 10.5. The first kappa shape index (κ1) is 9.93. The molecule has 3 rings (SSSR count). The molecule has 0 bridgehead atoms. The Hall–Kier alpha value is -0.260. The van der Waals surface area contributed by atoms with E-state index in [-0.39, 0.29) is 0 Å². The van der Waals surface area contributed by atoms with Gasteiger partial charge < -0.3 is 0 Å². The van der Waals surface area contributed by atoms with Gasteiger partial charge in [0.2, 0.25) is 0 Å². The Morgan fingerprint density at radius 3 is 2.67 bits per heavy atom. The molecular formula is C15H24. The monoisotopic (exact) mass is 204 g/mol. The molecular weight excluding hydrogens is 180 g/mol. The van der Waals surface area contributed by atoms with Gasteiger partial charge in [0.25, 0.3) is 0 Å². The van der Waals surface area contributed by atoms with Gasteiger partial charge in [-0.3, -0.25) is 0 Å².